The third kappa shape index (κ3) is 2.63. The van der Waals surface area contributed by atoms with Crippen molar-refractivity contribution in [2.45, 2.75) is 20.5 Å². The predicted molar refractivity (Wildman–Crippen MR) is 100 cm³/mol. The molecule has 0 aliphatic carbocycles. The summed E-state index contributed by atoms with van der Waals surface area (Å²) in [5, 5.41) is 16.6. The molecule has 25 heavy (non-hydrogen) atoms. The van der Waals surface area contributed by atoms with Crippen molar-refractivity contribution in [3.8, 4) is 22.6 Å². The smallest absolute Gasteiger partial charge is 0.173 e. The van der Waals surface area contributed by atoms with Gasteiger partial charge in [-0.05, 0) is 41.8 Å². The minimum Gasteiger partial charge on any atom is -0.391 e. The van der Waals surface area contributed by atoms with Crippen LogP contribution in [0.5, 0.6) is 0 Å². The zero-order valence-electron chi connectivity index (χ0n) is 14.3. The first kappa shape index (κ1) is 15.6. The van der Waals surface area contributed by atoms with Gasteiger partial charge in [0.15, 0.2) is 5.76 Å². The van der Waals surface area contributed by atoms with E-state index in [0.29, 0.717) is 11.5 Å². The number of rotatable bonds is 3. The summed E-state index contributed by atoms with van der Waals surface area (Å²) in [5.41, 5.74) is 5.60. The number of hydrogen-bond acceptors (Lipinski definition) is 3. The summed E-state index contributed by atoms with van der Waals surface area (Å²) in [4.78, 5) is 0. The molecule has 0 bridgehead atoms. The van der Waals surface area contributed by atoms with Crippen molar-refractivity contribution in [2.24, 2.45) is 0 Å². The lowest BCUT2D eigenvalue weighted by atomic mass is 9.96. The summed E-state index contributed by atoms with van der Waals surface area (Å²) in [7, 11) is 0. The molecule has 4 aromatic rings. The molecule has 0 saturated carbocycles. The number of nitrogens with zero attached hydrogens (tertiary/aromatic N) is 1. The van der Waals surface area contributed by atoms with E-state index in [-0.39, 0.29) is 6.61 Å². The zero-order valence-corrected chi connectivity index (χ0v) is 14.3. The van der Waals surface area contributed by atoms with Crippen LogP contribution in [0.3, 0.4) is 0 Å². The Morgan fingerprint density at radius 1 is 0.880 bits per heavy atom. The zero-order chi connectivity index (χ0) is 17.4. The van der Waals surface area contributed by atoms with Crippen molar-refractivity contribution < 1.29 is 9.63 Å². The Labute approximate surface area is 146 Å². The van der Waals surface area contributed by atoms with E-state index in [1.54, 1.807) is 0 Å². The Balaban J connectivity index is 1.90. The first-order chi connectivity index (χ1) is 12.2. The summed E-state index contributed by atoms with van der Waals surface area (Å²) in [6.45, 7) is 3.97. The van der Waals surface area contributed by atoms with Crippen LogP contribution in [-0.4, -0.2) is 10.3 Å². The minimum absolute atomic E-state index is 0.116. The molecule has 0 aliphatic rings. The van der Waals surface area contributed by atoms with Gasteiger partial charge >= 0.3 is 0 Å². The van der Waals surface area contributed by atoms with Crippen LogP contribution in [0.2, 0.25) is 0 Å². The number of aliphatic hydroxyl groups excluding tert-OH is 1. The van der Waals surface area contributed by atoms with Crippen molar-refractivity contribution in [3.05, 3.63) is 77.4 Å². The third-order valence-electron chi connectivity index (χ3n) is 4.68. The van der Waals surface area contributed by atoms with Crippen LogP contribution in [0.4, 0.5) is 0 Å². The van der Waals surface area contributed by atoms with Gasteiger partial charge < -0.3 is 9.63 Å². The predicted octanol–water partition coefficient (Wildman–Crippen LogP) is 5.27. The van der Waals surface area contributed by atoms with Gasteiger partial charge in [-0.3, -0.25) is 0 Å². The molecule has 0 unspecified atom stereocenters. The van der Waals surface area contributed by atoms with Crippen LogP contribution < -0.4 is 0 Å². The van der Waals surface area contributed by atoms with Gasteiger partial charge in [-0.25, -0.2) is 0 Å². The fourth-order valence-electron chi connectivity index (χ4n) is 3.39. The third-order valence-corrected chi connectivity index (χ3v) is 4.68. The fraction of sp³-hybridized carbons (Fsp3) is 0.136. The van der Waals surface area contributed by atoms with Crippen molar-refractivity contribution in [3.63, 3.8) is 0 Å². The normalized spacial score (nSPS) is 11.2. The second-order valence-corrected chi connectivity index (χ2v) is 6.33. The van der Waals surface area contributed by atoms with E-state index in [4.69, 9.17) is 4.52 Å². The average molecular weight is 329 g/mol. The molecule has 1 heterocycles. The molecule has 3 aromatic carbocycles. The van der Waals surface area contributed by atoms with E-state index in [2.05, 4.69) is 29.4 Å². The molecule has 0 radical (unpaired) electrons. The summed E-state index contributed by atoms with van der Waals surface area (Å²) in [5.74, 6) is 0.654. The van der Waals surface area contributed by atoms with Crippen LogP contribution >= 0.6 is 0 Å². The van der Waals surface area contributed by atoms with Crippen LogP contribution in [-0.2, 0) is 6.61 Å². The quantitative estimate of drug-likeness (QED) is 0.557. The van der Waals surface area contributed by atoms with Crippen LogP contribution in [0.25, 0.3) is 33.4 Å². The molecule has 3 nitrogen and oxygen atoms in total. The number of aliphatic hydroxyl groups is 1. The SMILES string of the molecule is Cc1cccc(C)c1-c1onc(-c2ccc3ccccc3c2)c1CO. The Kier molecular flexibility index (Phi) is 3.86. The maximum absolute atomic E-state index is 10.0. The van der Waals surface area contributed by atoms with E-state index in [0.717, 1.165) is 33.2 Å². The minimum atomic E-state index is -0.116. The molecule has 4 rings (SSSR count). The molecule has 0 saturated heterocycles. The lowest BCUT2D eigenvalue weighted by Crippen LogP contribution is -1.92. The molecule has 3 heteroatoms. The molecule has 0 amide bonds. The van der Waals surface area contributed by atoms with Crippen molar-refractivity contribution >= 4 is 10.8 Å². The second-order valence-electron chi connectivity index (χ2n) is 6.33. The standard InChI is InChI=1S/C22H19NO2/c1-14-6-5-7-15(2)20(14)22-19(13-24)21(23-25-22)18-11-10-16-8-3-4-9-17(16)12-18/h3-12,24H,13H2,1-2H3. The molecule has 124 valence electrons. The number of aromatic nitrogens is 1. The van der Waals surface area contributed by atoms with E-state index in [9.17, 15) is 5.11 Å². The van der Waals surface area contributed by atoms with Crippen molar-refractivity contribution in [2.75, 3.05) is 0 Å². The Morgan fingerprint density at radius 3 is 2.32 bits per heavy atom. The Hall–Kier alpha value is -2.91. The maximum atomic E-state index is 10.0. The summed E-state index contributed by atoms with van der Waals surface area (Å²) >= 11 is 0. The summed E-state index contributed by atoms with van der Waals surface area (Å²) in [6.07, 6.45) is 0. The number of fused-ring (bicyclic) bond motifs is 1. The molecule has 0 atom stereocenters. The number of benzene rings is 3. The second kappa shape index (κ2) is 6.19. The highest BCUT2D eigenvalue weighted by molar-refractivity contribution is 5.88. The average Bonchev–Trinajstić information content (AvgIpc) is 3.05. The Morgan fingerprint density at radius 2 is 1.60 bits per heavy atom. The molecule has 0 spiro atoms. The van der Waals surface area contributed by atoms with E-state index < -0.39 is 0 Å². The van der Waals surface area contributed by atoms with Gasteiger partial charge in [0.05, 0.1) is 12.2 Å². The Bertz CT molecular complexity index is 1040. The van der Waals surface area contributed by atoms with E-state index in [1.165, 1.54) is 5.39 Å². The first-order valence-electron chi connectivity index (χ1n) is 8.34. The van der Waals surface area contributed by atoms with Gasteiger partial charge in [0.25, 0.3) is 0 Å². The maximum Gasteiger partial charge on any atom is 0.173 e. The van der Waals surface area contributed by atoms with Crippen LogP contribution in [0.1, 0.15) is 16.7 Å². The largest absolute Gasteiger partial charge is 0.391 e. The van der Waals surface area contributed by atoms with Gasteiger partial charge in [0.1, 0.15) is 5.69 Å². The topological polar surface area (TPSA) is 46.3 Å². The lowest BCUT2D eigenvalue weighted by molar-refractivity contribution is 0.281. The lowest BCUT2D eigenvalue weighted by Gasteiger charge is -2.08. The highest BCUT2D eigenvalue weighted by Gasteiger charge is 2.21. The van der Waals surface area contributed by atoms with E-state index in [1.807, 2.05) is 50.2 Å². The summed E-state index contributed by atoms with van der Waals surface area (Å²) in [6, 6.07) is 20.5. The van der Waals surface area contributed by atoms with E-state index >= 15 is 0 Å². The van der Waals surface area contributed by atoms with Gasteiger partial charge in [0.2, 0.25) is 0 Å². The molecular formula is C22H19NO2. The molecule has 0 fully saturated rings. The van der Waals surface area contributed by atoms with Crippen molar-refractivity contribution in [1.29, 1.82) is 0 Å². The fourth-order valence-corrected chi connectivity index (χ4v) is 3.39. The van der Waals surface area contributed by atoms with Crippen LogP contribution in [0.15, 0.2) is 65.2 Å². The van der Waals surface area contributed by atoms with Gasteiger partial charge in [-0.2, -0.15) is 0 Å². The number of hydrogen-bond donors (Lipinski definition) is 1. The van der Waals surface area contributed by atoms with Crippen molar-refractivity contribution in [1.82, 2.24) is 5.16 Å². The highest BCUT2D eigenvalue weighted by atomic mass is 16.5. The first-order valence-corrected chi connectivity index (χ1v) is 8.34. The van der Waals surface area contributed by atoms with Gasteiger partial charge in [-0.1, -0.05) is 59.8 Å². The summed E-state index contributed by atoms with van der Waals surface area (Å²) < 4.78 is 5.69. The van der Waals surface area contributed by atoms with Crippen LogP contribution in [0, 0.1) is 13.8 Å². The molecule has 1 aromatic heterocycles. The van der Waals surface area contributed by atoms with Gasteiger partial charge in [-0.15, -0.1) is 0 Å². The molecule has 0 aliphatic heterocycles. The number of aryl methyl sites for hydroxylation is 2. The highest BCUT2D eigenvalue weighted by Crippen LogP contribution is 2.36. The van der Waals surface area contributed by atoms with Gasteiger partial charge in [0, 0.05) is 11.1 Å². The molecular weight excluding hydrogens is 310 g/mol. The molecule has 1 N–H and O–H groups in total. The monoisotopic (exact) mass is 329 g/mol.